The van der Waals surface area contributed by atoms with Gasteiger partial charge in [-0.25, -0.2) is 8.42 Å². The Labute approximate surface area is 137 Å². The lowest BCUT2D eigenvalue weighted by Crippen LogP contribution is -2.52. The fraction of sp³-hybridized carbons (Fsp3) is 0.562. The molecule has 1 fully saturated rings. The van der Waals surface area contributed by atoms with E-state index < -0.39 is 9.84 Å². The molecule has 0 radical (unpaired) electrons. The molecule has 3 atom stereocenters. The maximum atomic E-state index is 12.5. The van der Waals surface area contributed by atoms with Crippen molar-refractivity contribution in [2.24, 2.45) is 0 Å². The average Bonchev–Trinajstić information content (AvgIpc) is 2.44. The van der Waals surface area contributed by atoms with Crippen LogP contribution in [0.15, 0.2) is 29.2 Å². The number of hydrogen-bond acceptors (Lipinski definition) is 5. The summed E-state index contributed by atoms with van der Waals surface area (Å²) in [4.78, 5) is 14.7. The Bertz CT molecular complexity index is 664. The molecule has 7 heteroatoms. The van der Waals surface area contributed by atoms with Crippen LogP contribution in [0.5, 0.6) is 0 Å². The zero-order valence-electron chi connectivity index (χ0n) is 13.9. The number of carbonyl (C=O) groups excluding carboxylic acids is 1. The van der Waals surface area contributed by atoms with E-state index in [0.29, 0.717) is 18.8 Å². The van der Waals surface area contributed by atoms with Crippen molar-refractivity contribution in [1.82, 2.24) is 4.90 Å². The molecule has 2 rings (SSSR count). The second-order valence-electron chi connectivity index (χ2n) is 6.14. The molecule has 0 saturated carbocycles. The third-order valence-electron chi connectivity index (χ3n) is 3.92. The largest absolute Gasteiger partial charge is 0.373 e. The minimum atomic E-state index is -3.40. The Kier molecular flexibility index (Phi) is 5.44. The number of para-hydroxylation sites is 1. The Morgan fingerprint density at radius 2 is 1.83 bits per heavy atom. The van der Waals surface area contributed by atoms with Crippen molar-refractivity contribution in [3.05, 3.63) is 24.3 Å². The Morgan fingerprint density at radius 3 is 2.39 bits per heavy atom. The number of anilines is 1. The third-order valence-corrected chi connectivity index (χ3v) is 5.07. The summed E-state index contributed by atoms with van der Waals surface area (Å²) in [5.74, 6) is -0.220. The predicted molar refractivity (Wildman–Crippen MR) is 89.2 cm³/mol. The maximum absolute atomic E-state index is 12.5. The summed E-state index contributed by atoms with van der Waals surface area (Å²) >= 11 is 0. The van der Waals surface area contributed by atoms with Crippen LogP contribution in [0.2, 0.25) is 0 Å². The summed E-state index contributed by atoms with van der Waals surface area (Å²) < 4.78 is 29.3. The van der Waals surface area contributed by atoms with Crippen LogP contribution in [0.1, 0.15) is 20.8 Å². The monoisotopic (exact) mass is 340 g/mol. The van der Waals surface area contributed by atoms with Gasteiger partial charge in [0.15, 0.2) is 9.84 Å². The fourth-order valence-electron chi connectivity index (χ4n) is 2.83. The summed E-state index contributed by atoms with van der Waals surface area (Å²) in [5, 5.41) is 2.74. The minimum absolute atomic E-state index is 0.0669. The number of hydrogen-bond donors (Lipinski definition) is 1. The fourth-order valence-corrected chi connectivity index (χ4v) is 3.67. The number of morpholine rings is 1. The Balaban J connectivity index is 2.13. The summed E-state index contributed by atoms with van der Waals surface area (Å²) in [6.07, 6.45) is 1.27. The lowest BCUT2D eigenvalue weighted by Gasteiger charge is -2.38. The van der Waals surface area contributed by atoms with E-state index in [1.165, 1.54) is 6.07 Å². The molecule has 0 bridgehead atoms. The van der Waals surface area contributed by atoms with E-state index in [9.17, 15) is 13.2 Å². The van der Waals surface area contributed by atoms with E-state index in [0.717, 1.165) is 6.26 Å². The third kappa shape index (κ3) is 4.53. The van der Waals surface area contributed by atoms with Gasteiger partial charge in [0.1, 0.15) is 0 Å². The van der Waals surface area contributed by atoms with E-state index in [-0.39, 0.29) is 29.1 Å². The van der Waals surface area contributed by atoms with Crippen molar-refractivity contribution in [2.45, 2.75) is 43.9 Å². The van der Waals surface area contributed by atoms with Crippen molar-refractivity contribution in [1.29, 1.82) is 0 Å². The predicted octanol–water partition coefficient (Wildman–Crippen LogP) is 1.53. The smallest absolute Gasteiger partial charge is 0.241 e. The number of ether oxygens (including phenoxy) is 1. The van der Waals surface area contributed by atoms with Crippen LogP contribution >= 0.6 is 0 Å². The van der Waals surface area contributed by atoms with Crippen LogP contribution in [-0.2, 0) is 19.4 Å². The van der Waals surface area contributed by atoms with Crippen molar-refractivity contribution >= 4 is 21.4 Å². The molecule has 128 valence electrons. The number of sulfone groups is 1. The lowest BCUT2D eigenvalue weighted by atomic mass is 10.1. The van der Waals surface area contributed by atoms with Crippen LogP contribution in [0.25, 0.3) is 0 Å². The topological polar surface area (TPSA) is 75.7 Å². The van der Waals surface area contributed by atoms with Crippen molar-refractivity contribution in [3.63, 3.8) is 0 Å². The minimum Gasteiger partial charge on any atom is -0.373 e. The molecule has 0 aliphatic carbocycles. The maximum Gasteiger partial charge on any atom is 0.241 e. The van der Waals surface area contributed by atoms with E-state index in [1.807, 2.05) is 20.8 Å². The molecule has 1 N–H and O–H groups in total. The zero-order chi connectivity index (χ0) is 17.2. The van der Waals surface area contributed by atoms with Gasteiger partial charge in [-0.3, -0.25) is 9.69 Å². The second kappa shape index (κ2) is 6.98. The molecule has 6 nitrogen and oxygen atoms in total. The highest BCUT2D eigenvalue weighted by atomic mass is 32.2. The normalized spacial score (nSPS) is 24.2. The molecule has 1 aromatic carbocycles. The first-order valence-electron chi connectivity index (χ1n) is 7.68. The lowest BCUT2D eigenvalue weighted by molar-refractivity contribution is -0.126. The molecule has 0 spiro atoms. The highest BCUT2D eigenvalue weighted by Crippen LogP contribution is 2.21. The van der Waals surface area contributed by atoms with Gasteiger partial charge in [-0.1, -0.05) is 12.1 Å². The zero-order valence-corrected chi connectivity index (χ0v) is 14.8. The number of amides is 1. The molecule has 23 heavy (non-hydrogen) atoms. The standard InChI is InChI=1S/C16H24N2O4S/c1-11-9-18(10-12(2)22-11)13(3)16(19)17-14-7-5-6-8-15(14)23(4,20)21/h5-8,11-13H,9-10H2,1-4H3,(H,17,19)/t11-,12-,13+/m1/s1. The molecule has 0 aromatic heterocycles. The quantitative estimate of drug-likeness (QED) is 0.899. The van der Waals surface area contributed by atoms with Gasteiger partial charge >= 0.3 is 0 Å². The molecular formula is C16H24N2O4S. The van der Waals surface area contributed by atoms with Crippen molar-refractivity contribution in [3.8, 4) is 0 Å². The van der Waals surface area contributed by atoms with Crippen LogP contribution in [0.4, 0.5) is 5.69 Å². The molecule has 1 saturated heterocycles. The number of nitrogens with zero attached hydrogens (tertiary/aromatic N) is 1. The number of rotatable bonds is 4. The summed E-state index contributed by atoms with van der Waals surface area (Å²) in [6.45, 7) is 7.13. The van der Waals surface area contributed by atoms with Crippen molar-refractivity contribution < 1.29 is 17.9 Å². The first kappa shape index (κ1) is 17.9. The highest BCUT2D eigenvalue weighted by Gasteiger charge is 2.29. The summed E-state index contributed by atoms with van der Waals surface area (Å²) in [6, 6.07) is 6.07. The van der Waals surface area contributed by atoms with Gasteiger partial charge in [0.25, 0.3) is 0 Å². The summed E-state index contributed by atoms with van der Waals surface area (Å²) in [7, 11) is -3.40. The average molecular weight is 340 g/mol. The molecular weight excluding hydrogens is 316 g/mol. The van der Waals surface area contributed by atoms with E-state index >= 15 is 0 Å². The number of carbonyl (C=O) groups is 1. The van der Waals surface area contributed by atoms with Crippen LogP contribution in [0, 0.1) is 0 Å². The van der Waals surface area contributed by atoms with E-state index in [1.54, 1.807) is 18.2 Å². The first-order valence-corrected chi connectivity index (χ1v) is 9.57. The van der Waals surface area contributed by atoms with Gasteiger partial charge < -0.3 is 10.1 Å². The second-order valence-corrected chi connectivity index (χ2v) is 8.13. The number of benzene rings is 1. The van der Waals surface area contributed by atoms with Crippen LogP contribution in [0.3, 0.4) is 0 Å². The van der Waals surface area contributed by atoms with Crippen LogP contribution in [-0.4, -0.2) is 56.8 Å². The number of nitrogens with one attached hydrogen (secondary N) is 1. The van der Waals surface area contributed by atoms with E-state index in [4.69, 9.17) is 4.74 Å². The highest BCUT2D eigenvalue weighted by molar-refractivity contribution is 7.90. The van der Waals surface area contributed by atoms with Crippen molar-refractivity contribution in [2.75, 3.05) is 24.7 Å². The van der Waals surface area contributed by atoms with E-state index in [2.05, 4.69) is 10.2 Å². The summed E-state index contributed by atoms with van der Waals surface area (Å²) in [5.41, 5.74) is 0.321. The van der Waals surface area contributed by atoms with Gasteiger partial charge in [-0.05, 0) is 32.9 Å². The molecule has 1 aromatic rings. The SMILES string of the molecule is C[C@@H]1CN([C@@H](C)C(=O)Nc2ccccc2S(C)(=O)=O)C[C@@H](C)O1. The molecule has 1 amide bonds. The molecule has 0 unspecified atom stereocenters. The first-order chi connectivity index (χ1) is 10.7. The molecule has 1 aliphatic heterocycles. The van der Waals surface area contributed by atoms with Gasteiger partial charge in [-0.15, -0.1) is 0 Å². The van der Waals surface area contributed by atoms with Gasteiger partial charge in [0, 0.05) is 19.3 Å². The van der Waals surface area contributed by atoms with Gasteiger partial charge in [-0.2, -0.15) is 0 Å². The molecule has 1 aliphatic rings. The Hall–Kier alpha value is -1.44. The Morgan fingerprint density at radius 1 is 1.26 bits per heavy atom. The van der Waals surface area contributed by atoms with Gasteiger partial charge in [0.2, 0.25) is 5.91 Å². The van der Waals surface area contributed by atoms with Crippen LogP contribution < -0.4 is 5.32 Å². The van der Waals surface area contributed by atoms with Gasteiger partial charge in [0.05, 0.1) is 28.8 Å². The molecule has 1 heterocycles.